The first-order valence-corrected chi connectivity index (χ1v) is 10.8. The maximum Gasteiger partial charge on any atom is 0.162 e. The van der Waals surface area contributed by atoms with Crippen molar-refractivity contribution in [3.05, 3.63) is 54.0 Å². The highest BCUT2D eigenvalue weighted by Crippen LogP contribution is 2.37. The molecule has 2 aromatic carbocycles. The van der Waals surface area contributed by atoms with Crippen LogP contribution in [0.25, 0.3) is 10.9 Å². The van der Waals surface area contributed by atoms with Crippen molar-refractivity contribution >= 4 is 20.7 Å². The molecule has 0 atom stereocenters. The fourth-order valence-corrected chi connectivity index (χ4v) is 4.89. The van der Waals surface area contributed by atoms with Crippen LogP contribution in [-0.4, -0.2) is 32.9 Å². The molecule has 1 saturated carbocycles. The number of fused-ring (bicyclic) bond motifs is 1. The SMILES string of the molecule is COc1cc2nccc(Oc3ccc(CS(=O)(=O)C4CC4)c(F)c3)c2cc1OC. The van der Waals surface area contributed by atoms with Gasteiger partial charge < -0.3 is 14.2 Å². The van der Waals surface area contributed by atoms with E-state index in [1.54, 1.807) is 30.5 Å². The number of halogens is 1. The fourth-order valence-electron chi connectivity index (χ4n) is 3.13. The van der Waals surface area contributed by atoms with E-state index in [-0.39, 0.29) is 22.3 Å². The lowest BCUT2D eigenvalue weighted by molar-refractivity contribution is 0.355. The van der Waals surface area contributed by atoms with E-state index in [9.17, 15) is 12.8 Å². The molecule has 1 aliphatic rings. The van der Waals surface area contributed by atoms with Gasteiger partial charge in [0.05, 0.1) is 30.7 Å². The third-order valence-corrected chi connectivity index (χ3v) is 7.05. The standard InChI is InChI=1S/C21H20FNO5S/c1-26-20-10-16-18(11-21(20)27-2)23-8-7-19(16)28-14-4-3-13(17(22)9-14)12-29(24,25)15-5-6-15/h3-4,7-11,15H,5-6,12H2,1-2H3. The van der Waals surface area contributed by atoms with Crippen molar-refractivity contribution in [3.63, 3.8) is 0 Å². The first-order valence-electron chi connectivity index (χ1n) is 9.10. The van der Waals surface area contributed by atoms with E-state index in [1.165, 1.54) is 26.4 Å². The summed E-state index contributed by atoms with van der Waals surface area (Å²) in [5.74, 6) is 0.885. The summed E-state index contributed by atoms with van der Waals surface area (Å²) in [6.07, 6.45) is 2.90. The van der Waals surface area contributed by atoms with Crippen molar-refractivity contribution < 1.29 is 27.0 Å². The molecule has 4 rings (SSSR count). The Kier molecular flexibility index (Phi) is 5.04. The minimum atomic E-state index is -3.29. The number of rotatable bonds is 7. The molecule has 1 fully saturated rings. The molecule has 1 aliphatic carbocycles. The van der Waals surface area contributed by atoms with E-state index in [0.717, 1.165) is 0 Å². The maximum absolute atomic E-state index is 14.5. The Morgan fingerprint density at radius 2 is 1.76 bits per heavy atom. The molecule has 1 heterocycles. The van der Waals surface area contributed by atoms with E-state index in [0.29, 0.717) is 41.0 Å². The van der Waals surface area contributed by atoms with Crippen LogP contribution in [0.4, 0.5) is 4.39 Å². The Balaban J connectivity index is 1.63. The molecule has 0 saturated heterocycles. The maximum atomic E-state index is 14.5. The van der Waals surface area contributed by atoms with Gasteiger partial charge in [-0.3, -0.25) is 4.98 Å². The summed E-state index contributed by atoms with van der Waals surface area (Å²) in [5.41, 5.74) is 0.781. The average Bonchev–Trinajstić information content (AvgIpc) is 3.55. The topological polar surface area (TPSA) is 74.7 Å². The lowest BCUT2D eigenvalue weighted by Gasteiger charge is -2.13. The van der Waals surface area contributed by atoms with Crippen LogP contribution in [0.5, 0.6) is 23.0 Å². The molecule has 0 bridgehead atoms. The molecule has 0 aliphatic heterocycles. The summed E-state index contributed by atoms with van der Waals surface area (Å²) in [6.45, 7) is 0. The summed E-state index contributed by atoms with van der Waals surface area (Å²) in [6, 6.07) is 9.35. The monoisotopic (exact) mass is 417 g/mol. The van der Waals surface area contributed by atoms with Gasteiger partial charge in [0.2, 0.25) is 0 Å². The number of methoxy groups -OCH3 is 2. The molecule has 0 unspecified atom stereocenters. The zero-order valence-corrected chi connectivity index (χ0v) is 16.8. The van der Waals surface area contributed by atoms with Crippen LogP contribution in [0.2, 0.25) is 0 Å². The van der Waals surface area contributed by atoms with Crippen molar-refractivity contribution in [2.75, 3.05) is 14.2 Å². The average molecular weight is 417 g/mol. The van der Waals surface area contributed by atoms with Gasteiger partial charge >= 0.3 is 0 Å². The Morgan fingerprint density at radius 1 is 1.03 bits per heavy atom. The van der Waals surface area contributed by atoms with Crippen molar-refractivity contribution in [3.8, 4) is 23.0 Å². The van der Waals surface area contributed by atoms with Crippen LogP contribution in [0.1, 0.15) is 18.4 Å². The van der Waals surface area contributed by atoms with Crippen LogP contribution in [0.3, 0.4) is 0 Å². The zero-order chi connectivity index (χ0) is 20.6. The molecule has 0 spiro atoms. The van der Waals surface area contributed by atoms with Gasteiger partial charge in [0.25, 0.3) is 0 Å². The number of benzene rings is 2. The molecule has 152 valence electrons. The normalized spacial score (nSPS) is 14.0. The predicted molar refractivity (Wildman–Crippen MR) is 107 cm³/mol. The number of hydrogen-bond acceptors (Lipinski definition) is 6. The number of hydrogen-bond donors (Lipinski definition) is 0. The molecule has 0 N–H and O–H groups in total. The van der Waals surface area contributed by atoms with E-state index < -0.39 is 15.7 Å². The molecular weight excluding hydrogens is 397 g/mol. The highest BCUT2D eigenvalue weighted by Gasteiger charge is 2.36. The van der Waals surface area contributed by atoms with Crippen molar-refractivity contribution in [2.45, 2.75) is 23.8 Å². The second kappa shape index (κ2) is 7.51. The van der Waals surface area contributed by atoms with Crippen LogP contribution < -0.4 is 14.2 Å². The Hall–Kier alpha value is -2.87. The van der Waals surface area contributed by atoms with E-state index in [1.807, 2.05) is 0 Å². The molecule has 0 amide bonds. The first kappa shape index (κ1) is 19.4. The van der Waals surface area contributed by atoms with Gasteiger partial charge in [-0.15, -0.1) is 0 Å². The van der Waals surface area contributed by atoms with Gasteiger partial charge in [-0.1, -0.05) is 6.07 Å². The van der Waals surface area contributed by atoms with E-state index >= 15 is 0 Å². The molecule has 29 heavy (non-hydrogen) atoms. The van der Waals surface area contributed by atoms with Gasteiger partial charge in [-0.25, -0.2) is 12.8 Å². The number of aromatic nitrogens is 1. The van der Waals surface area contributed by atoms with Crippen molar-refractivity contribution in [1.82, 2.24) is 4.98 Å². The summed E-state index contributed by atoms with van der Waals surface area (Å²) in [4.78, 5) is 4.31. The second-order valence-corrected chi connectivity index (χ2v) is 9.18. The molecular formula is C21H20FNO5S. The lowest BCUT2D eigenvalue weighted by atomic mass is 10.1. The lowest BCUT2D eigenvalue weighted by Crippen LogP contribution is -2.10. The molecule has 1 aromatic heterocycles. The zero-order valence-electron chi connectivity index (χ0n) is 16.0. The molecule has 3 aromatic rings. The summed E-state index contributed by atoms with van der Waals surface area (Å²) in [7, 11) is -0.221. The third-order valence-electron chi connectivity index (χ3n) is 4.85. The van der Waals surface area contributed by atoms with Crippen molar-refractivity contribution in [1.29, 1.82) is 0 Å². The van der Waals surface area contributed by atoms with Crippen LogP contribution in [0.15, 0.2) is 42.6 Å². The van der Waals surface area contributed by atoms with Gasteiger partial charge in [-0.2, -0.15) is 0 Å². The number of sulfone groups is 1. The van der Waals surface area contributed by atoms with E-state index in [2.05, 4.69) is 4.98 Å². The summed E-state index contributed by atoms with van der Waals surface area (Å²) < 4.78 is 55.2. The van der Waals surface area contributed by atoms with Crippen LogP contribution >= 0.6 is 0 Å². The van der Waals surface area contributed by atoms with Crippen molar-refractivity contribution in [2.24, 2.45) is 0 Å². The Labute approximate surface area is 168 Å². The highest BCUT2D eigenvalue weighted by molar-refractivity contribution is 7.91. The minimum Gasteiger partial charge on any atom is -0.493 e. The third kappa shape index (κ3) is 3.98. The molecule has 8 heteroatoms. The Morgan fingerprint density at radius 3 is 2.41 bits per heavy atom. The van der Waals surface area contributed by atoms with E-state index in [4.69, 9.17) is 14.2 Å². The van der Waals surface area contributed by atoms with Gasteiger partial charge in [0, 0.05) is 29.3 Å². The summed E-state index contributed by atoms with van der Waals surface area (Å²) in [5, 5.41) is 0.346. The van der Waals surface area contributed by atoms with Crippen LogP contribution in [0, 0.1) is 5.82 Å². The fraction of sp³-hybridized carbons (Fsp3) is 0.286. The Bertz CT molecular complexity index is 1180. The second-order valence-electron chi connectivity index (χ2n) is 6.90. The largest absolute Gasteiger partial charge is 0.493 e. The van der Waals surface area contributed by atoms with Crippen LogP contribution in [-0.2, 0) is 15.6 Å². The highest BCUT2D eigenvalue weighted by atomic mass is 32.2. The molecule has 0 radical (unpaired) electrons. The minimum absolute atomic E-state index is 0.148. The predicted octanol–water partition coefficient (Wildman–Crippen LogP) is 4.26. The smallest absolute Gasteiger partial charge is 0.162 e. The number of pyridine rings is 1. The first-order chi connectivity index (χ1) is 13.9. The van der Waals surface area contributed by atoms with Gasteiger partial charge in [-0.05, 0) is 31.0 Å². The number of nitrogens with zero attached hydrogens (tertiary/aromatic N) is 1. The molecule has 6 nitrogen and oxygen atoms in total. The van der Waals surface area contributed by atoms with Gasteiger partial charge in [0.1, 0.15) is 17.3 Å². The van der Waals surface area contributed by atoms with Gasteiger partial charge in [0.15, 0.2) is 21.3 Å². The quantitative estimate of drug-likeness (QED) is 0.572. The summed E-state index contributed by atoms with van der Waals surface area (Å²) >= 11 is 0. The number of ether oxygens (including phenoxy) is 3.